The molecule has 0 aromatic carbocycles. The summed E-state index contributed by atoms with van der Waals surface area (Å²) in [5, 5.41) is 3.16. The minimum atomic E-state index is -0.0307. The summed E-state index contributed by atoms with van der Waals surface area (Å²) in [5.74, 6) is 0.341. The van der Waals surface area contributed by atoms with Crippen LogP contribution in [0.5, 0.6) is 0 Å². The number of nitrogens with one attached hydrogen (secondary N) is 1. The van der Waals surface area contributed by atoms with Gasteiger partial charge in [0.25, 0.3) is 5.91 Å². The van der Waals surface area contributed by atoms with Crippen LogP contribution in [0.15, 0.2) is 18.6 Å². The third kappa shape index (κ3) is 4.03. The van der Waals surface area contributed by atoms with Crippen LogP contribution in [0.3, 0.4) is 0 Å². The first kappa shape index (κ1) is 17.4. The number of carbonyl (C=O) groups excluding carboxylic acids is 2. The number of hydrogen-bond donors (Lipinski definition) is 1. The Labute approximate surface area is 154 Å². The lowest BCUT2D eigenvalue weighted by molar-refractivity contribution is -0.127. The molecule has 1 saturated carbocycles. The highest BCUT2D eigenvalue weighted by atomic mass is 16.2. The molecule has 2 saturated heterocycles. The SMILES string of the molecule is O=C(NC1CC1)C1CCCN(C2CCN(C(=O)c3cnccn3)CC2)C1. The summed E-state index contributed by atoms with van der Waals surface area (Å²) in [7, 11) is 0. The first-order valence-corrected chi connectivity index (χ1v) is 9.80. The van der Waals surface area contributed by atoms with Crippen molar-refractivity contribution in [2.75, 3.05) is 26.2 Å². The molecule has 0 radical (unpaired) electrons. The molecule has 2 aliphatic heterocycles. The van der Waals surface area contributed by atoms with Crippen molar-refractivity contribution in [3.05, 3.63) is 24.3 Å². The number of carbonyl (C=O) groups is 2. The van der Waals surface area contributed by atoms with Gasteiger partial charge in [-0.3, -0.25) is 19.5 Å². The van der Waals surface area contributed by atoms with Crippen LogP contribution < -0.4 is 5.32 Å². The molecule has 3 heterocycles. The summed E-state index contributed by atoms with van der Waals surface area (Å²) in [6, 6.07) is 0.908. The van der Waals surface area contributed by atoms with E-state index in [1.807, 2.05) is 4.90 Å². The summed E-state index contributed by atoms with van der Waals surface area (Å²) in [6.07, 6.45) is 10.9. The van der Waals surface area contributed by atoms with Gasteiger partial charge in [0, 0.05) is 44.1 Å². The van der Waals surface area contributed by atoms with Gasteiger partial charge >= 0.3 is 0 Å². The number of amides is 2. The molecular formula is C19H27N5O2. The van der Waals surface area contributed by atoms with Gasteiger partial charge in [0.1, 0.15) is 5.69 Å². The molecule has 3 fully saturated rings. The number of hydrogen-bond acceptors (Lipinski definition) is 5. The van der Waals surface area contributed by atoms with Gasteiger partial charge in [-0.2, -0.15) is 0 Å². The molecule has 4 rings (SSSR count). The number of aromatic nitrogens is 2. The van der Waals surface area contributed by atoms with Crippen LogP contribution in [-0.2, 0) is 4.79 Å². The lowest BCUT2D eigenvalue weighted by Crippen LogP contribution is -2.51. The van der Waals surface area contributed by atoms with Gasteiger partial charge in [-0.05, 0) is 45.1 Å². The van der Waals surface area contributed by atoms with Gasteiger partial charge in [-0.1, -0.05) is 0 Å². The van der Waals surface area contributed by atoms with Crippen molar-refractivity contribution in [1.82, 2.24) is 25.1 Å². The Morgan fingerprint density at radius 3 is 2.54 bits per heavy atom. The lowest BCUT2D eigenvalue weighted by Gasteiger charge is -2.42. The fraction of sp³-hybridized carbons (Fsp3) is 0.684. The van der Waals surface area contributed by atoms with E-state index in [1.54, 1.807) is 12.4 Å². The Morgan fingerprint density at radius 2 is 1.85 bits per heavy atom. The molecule has 3 aliphatic rings. The molecule has 1 unspecified atom stereocenters. The molecule has 2 amide bonds. The highest BCUT2D eigenvalue weighted by Crippen LogP contribution is 2.26. The molecule has 140 valence electrons. The highest BCUT2D eigenvalue weighted by Gasteiger charge is 2.34. The van der Waals surface area contributed by atoms with Crippen LogP contribution in [0, 0.1) is 5.92 Å². The molecule has 0 bridgehead atoms. The van der Waals surface area contributed by atoms with E-state index in [0.717, 1.165) is 64.7 Å². The first-order valence-electron chi connectivity index (χ1n) is 9.80. The van der Waals surface area contributed by atoms with E-state index in [9.17, 15) is 9.59 Å². The Bertz CT molecular complexity index is 641. The van der Waals surface area contributed by atoms with Crippen molar-refractivity contribution in [2.45, 2.75) is 50.6 Å². The molecule has 1 atom stereocenters. The standard InChI is InChI=1S/C19H27N5O2/c25-18(22-15-3-4-15)14-2-1-9-24(13-14)16-5-10-23(11-6-16)19(26)17-12-20-7-8-21-17/h7-8,12,14-16H,1-6,9-11,13H2,(H,22,25). The average molecular weight is 357 g/mol. The average Bonchev–Trinajstić information content (AvgIpc) is 3.52. The summed E-state index contributed by atoms with van der Waals surface area (Å²) in [5.41, 5.74) is 0.417. The number of likely N-dealkylation sites (tertiary alicyclic amines) is 2. The van der Waals surface area contributed by atoms with E-state index in [1.165, 1.54) is 6.20 Å². The predicted molar refractivity (Wildman–Crippen MR) is 96.4 cm³/mol. The fourth-order valence-electron chi connectivity index (χ4n) is 4.10. The molecular weight excluding hydrogens is 330 g/mol. The third-order valence-corrected chi connectivity index (χ3v) is 5.80. The molecule has 7 heteroatoms. The van der Waals surface area contributed by atoms with Crippen LogP contribution in [0.25, 0.3) is 0 Å². The Kier molecular flexibility index (Phi) is 5.15. The largest absolute Gasteiger partial charge is 0.353 e. The second-order valence-electron chi connectivity index (χ2n) is 7.73. The van der Waals surface area contributed by atoms with Gasteiger partial charge in [0.05, 0.1) is 12.1 Å². The van der Waals surface area contributed by atoms with E-state index in [0.29, 0.717) is 17.8 Å². The van der Waals surface area contributed by atoms with Gasteiger partial charge in [0.15, 0.2) is 0 Å². The van der Waals surface area contributed by atoms with E-state index in [4.69, 9.17) is 0 Å². The summed E-state index contributed by atoms with van der Waals surface area (Å²) < 4.78 is 0. The van der Waals surface area contributed by atoms with E-state index < -0.39 is 0 Å². The minimum absolute atomic E-state index is 0.0307. The van der Waals surface area contributed by atoms with Gasteiger partial charge in [-0.25, -0.2) is 4.98 Å². The van der Waals surface area contributed by atoms with Crippen LogP contribution in [0.1, 0.15) is 49.0 Å². The number of rotatable bonds is 4. The predicted octanol–water partition coefficient (Wildman–Crippen LogP) is 1.07. The number of piperidine rings is 2. The smallest absolute Gasteiger partial charge is 0.274 e. The van der Waals surface area contributed by atoms with Crippen molar-refractivity contribution in [2.24, 2.45) is 5.92 Å². The quantitative estimate of drug-likeness (QED) is 0.872. The van der Waals surface area contributed by atoms with Gasteiger partial charge in [0.2, 0.25) is 5.91 Å². The molecule has 0 spiro atoms. The van der Waals surface area contributed by atoms with Crippen LogP contribution in [-0.4, -0.2) is 69.8 Å². The Hall–Kier alpha value is -2.02. The normalized spacial score (nSPS) is 25.1. The second kappa shape index (κ2) is 7.70. The maximum atomic E-state index is 12.5. The zero-order valence-corrected chi connectivity index (χ0v) is 15.1. The molecule has 1 aromatic heterocycles. The van der Waals surface area contributed by atoms with E-state index in [2.05, 4.69) is 20.2 Å². The maximum Gasteiger partial charge on any atom is 0.274 e. The van der Waals surface area contributed by atoms with Crippen LogP contribution >= 0.6 is 0 Å². The van der Waals surface area contributed by atoms with Crippen LogP contribution in [0.4, 0.5) is 0 Å². The lowest BCUT2D eigenvalue weighted by atomic mass is 9.93. The fourth-order valence-corrected chi connectivity index (χ4v) is 4.10. The topological polar surface area (TPSA) is 78.4 Å². The molecule has 1 aliphatic carbocycles. The Balaban J connectivity index is 1.28. The monoisotopic (exact) mass is 357 g/mol. The van der Waals surface area contributed by atoms with Gasteiger partial charge in [-0.15, -0.1) is 0 Å². The molecule has 1 aromatic rings. The van der Waals surface area contributed by atoms with Crippen molar-refractivity contribution in [1.29, 1.82) is 0 Å². The van der Waals surface area contributed by atoms with E-state index in [-0.39, 0.29) is 17.7 Å². The summed E-state index contributed by atoms with van der Waals surface area (Å²) >= 11 is 0. The summed E-state index contributed by atoms with van der Waals surface area (Å²) in [6.45, 7) is 3.42. The highest BCUT2D eigenvalue weighted by molar-refractivity contribution is 5.92. The van der Waals surface area contributed by atoms with Crippen molar-refractivity contribution in [3.63, 3.8) is 0 Å². The van der Waals surface area contributed by atoms with E-state index >= 15 is 0 Å². The van der Waals surface area contributed by atoms with Crippen molar-refractivity contribution < 1.29 is 9.59 Å². The first-order chi connectivity index (χ1) is 12.7. The third-order valence-electron chi connectivity index (χ3n) is 5.80. The minimum Gasteiger partial charge on any atom is -0.353 e. The molecule has 1 N–H and O–H groups in total. The maximum absolute atomic E-state index is 12.5. The second-order valence-corrected chi connectivity index (χ2v) is 7.73. The van der Waals surface area contributed by atoms with Gasteiger partial charge < -0.3 is 10.2 Å². The molecule has 26 heavy (non-hydrogen) atoms. The zero-order valence-electron chi connectivity index (χ0n) is 15.1. The summed E-state index contributed by atoms with van der Waals surface area (Å²) in [4.78, 5) is 37.3. The zero-order chi connectivity index (χ0) is 17.9. The Morgan fingerprint density at radius 1 is 1.04 bits per heavy atom. The molecule has 7 nitrogen and oxygen atoms in total. The van der Waals surface area contributed by atoms with Crippen molar-refractivity contribution in [3.8, 4) is 0 Å². The van der Waals surface area contributed by atoms with Crippen LogP contribution in [0.2, 0.25) is 0 Å². The van der Waals surface area contributed by atoms with Crippen molar-refractivity contribution >= 4 is 11.8 Å². The number of nitrogens with zero attached hydrogens (tertiary/aromatic N) is 4.